The molecular weight excluding hydrogens is 466 g/mol. The Morgan fingerprint density at radius 1 is 1.22 bits per heavy atom. The number of nitrogens with zero attached hydrogens (tertiary/aromatic N) is 4. The number of pyridine rings is 1. The van der Waals surface area contributed by atoms with Crippen molar-refractivity contribution < 1.29 is 4.74 Å². The number of piperidine rings is 1. The Morgan fingerprint density at radius 3 is 2.62 bits per heavy atom. The van der Waals surface area contributed by atoms with Crippen molar-refractivity contribution in [3.63, 3.8) is 0 Å². The van der Waals surface area contributed by atoms with Crippen LogP contribution in [-0.2, 0) is 6.54 Å². The van der Waals surface area contributed by atoms with Crippen LogP contribution in [0.4, 0.5) is 11.6 Å². The van der Waals surface area contributed by atoms with Crippen LogP contribution >= 0.6 is 0 Å². The Bertz CT molecular complexity index is 1320. The number of hydrogen-bond acceptors (Lipinski definition) is 10. The molecule has 0 radical (unpaired) electrons. The van der Waals surface area contributed by atoms with Crippen molar-refractivity contribution >= 4 is 40.5 Å². The van der Waals surface area contributed by atoms with Gasteiger partial charge in [-0.1, -0.05) is 18.2 Å². The van der Waals surface area contributed by atoms with E-state index >= 15 is 0 Å². The predicted molar refractivity (Wildman–Crippen MR) is 149 cm³/mol. The lowest BCUT2D eigenvalue weighted by Gasteiger charge is -2.34. The second-order valence-electron chi connectivity index (χ2n) is 9.53. The van der Waals surface area contributed by atoms with Gasteiger partial charge in [-0.15, -0.1) is 0 Å². The van der Waals surface area contributed by atoms with Gasteiger partial charge in [0.1, 0.15) is 24.1 Å². The van der Waals surface area contributed by atoms with E-state index in [4.69, 9.17) is 32.0 Å². The normalized spacial score (nSPS) is 14.5. The molecule has 1 aliphatic rings. The van der Waals surface area contributed by atoms with Gasteiger partial charge in [0, 0.05) is 42.5 Å². The van der Waals surface area contributed by atoms with Gasteiger partial charge in [0.05, 0.1) is 23.5 Å². The third-order valence-corrected chi connectivity index (χ3v) is 6.78. The lowest BCUT2D eigenvalue weighted by atomic mass is 10.0. The molecule has 4 rings (SSSR count). The van der Waals surface area contributed by atoms with E-state index in [-0.39, 0.29) is 23.2 Å². The van der Waals surface area contributed by atoms with Crippen molar-refractivity contribution in [1.29, 1.82) is 10.8 Å². The van der Waals surface area contributed by atoms with Gasteiger partial charge in [0.25, 0.3) is 0 Å². The largest absolute Gasteiger partial charge is 0.474 e. The molecule has 0 amide bonds. The monoisotopic (exact) mass is 501 g/mol. The number of rotatable bonds is 9. The Kier molecular flexibility index (Phi) is 7.98. The molecule has 0 bridgehead atoms. The van der Waals surface area contributed by atoms with Crippen LogP contribution in [0.3, 0.4) is 0 Å². The average Bonchev–Trinajstić information content (AvgIpc) is 2.88. The summed E-state index contributed by atoms with van der Waals surface area (Å²) >= 11 is 0. The molecule has 37 heavy (non-hydrogen) atoms. The number of allylic oxidation sites excluding steroid dienone is 1. The van der Waals surface area contributed by atoms with Crippen LogP contribution < -0.4 is 21.5 Å². The number of hydrogen-bond donors (Lipinski definition) is 5. The number of likely N-dealkylation sites (tertiary alicyclic amines) is 1. The number of benzene rings is 1. The number of nitrogen functional groups attached to an aromatic ring is 1. The fourth-order valence-corrected chi connectivity index (χ4v) is 4.66. The van der Waals surface area contributed by atoms with E-state index in [1.54, 1.807) is 0 Å². The molecule has 2 aromatic heterocycles. The lowest BCUT2D eigenvalue weighted by molar-refractivity contribution is 0.0822. The first-order chi connectivity index (χ1) is 17.8. The standard InChI is InChI=1S/C27H35N9O/c1-16(2)36-9-7-21(8-10-36)37-27-22-17(3)5-4-6-18(22)11-20(35-27)14-32-26-23(25(31)33-15-34-26)24(30)19(12-28)13-29/h4-6,11-13,15-16,21,28-29H,7-10,14,30H2,1-3H3,(H3,31,32,33,34). The van der Waals surface area contributed by atoms with Crippen molar-refractivity contribution in [3.8, 4) is 5.88 Å². The Morgan fingerprint density at radius 2 is 1.95 bits per heavy atom. The van der Waals surface area contributed by atoms with Gasteiger partial charge in [-0.05, 0) is 50.6 Å². The van der Waals surface area contributed by atoms with Gasteiger partial charge in [-0.2, -0.15) is 0 Å². The SMILES string of the molecule is Cc1cccc2cc(CNc3ncnc(N)c3C(N)=C(C=N)C=N)nc(OC3CCN(C(C)C)CC3)c12. The van der Waals surface area contributed by atoms with Crippen LogP contribution in [0.15, 0.2) is 36.2 Å². The summed E-state index contributed by atoms with van der Waals surface area (Å²) in [6.07, 6.45) is 5.40. The van der Waals surface area contributed by atoms with Crippen molar-refractivity contribution in [1.82, 2.24) is 19.9 Å². The topological polar surface area (TPSA) is 163 Å². The number of fused-ring (bicyclic) bond motifs is 1. The van der Waals surface area contributed by atoms with Crippen molar-refractivity contribution in [2.45, 2.75) is 52.3 Å². The summed E-state index contributed by atoms with van der Waals surface area (Å²) in [7, 11) is 0. The van der Waals surface area contributed by atoms with Gasteiger partial charge in [0.2, 0.25) is 5.88 Å². The summed E-state index contributed by atoms with van der Waals surface area (Å²) in [5, 5.41) is 20.4. The number of aromatic nitrogens is 3. The molecule has 0 atom stereocenters. The summed E-state index contributed by atoms with van der Waals surface area (Å²) in [5.41, 5.74) is 14.9. The molecule has 10 heteroatoms. The van der Waals surface area contributed by atoms with E-state index in [9.17, 15) is 0 Å². The maximum absolute atomic E-state index is 7.53. The summed E-state index contributed by atoms with van der Waals surface area (Å²) in [6, 6.07) is 8.75. The number of nitrogens with one attached hydrogen (secondary N) is 3. The van der Waals surface area contributed by atoms with Crippen LogP contribution in [0.1, 0.15) is 43.5 Å². The zero-order valence-corrected chi connectivity index (χ0v) is 21.6. The molecule has 1 fully saturated rings. The second kappa shape index (κ2) is 11.3. The highest BCUT2D eigenvalue weighted by atomic mass is 16.5. The second-order valence-corrected chi connectivity index (χ2v) is 9.53. The molecule has 1 aromatic carbocycles. The fraction of sp³-hybridized carbons (Fsp3) is 0.370. The highest BCUT2D eigenvalue weighted by Gasteiger charge is 2.24. The van der Waals surface area contributed by atoms with E-state index in [0.717, 1.165) is 60.4 Å². The quantitative estimate of drug-likeness (QED) is 0.277. The van der Waals surface area contributed by atoms with Crippen LogP contribution in [0.25, 0.3) is 16.5 Å². The Labute approximate surface area is 217 Å². The summed E-state index contributed by atoms with van der Waals surface area (Å²) in [6.45, 7) is 8.90. The van der Waals surface area contributed by atoms with Crippen LogP contribution in [-0.4, -0.2) is 57.5 Å². The molecule has 3 heterocycles. The number of anilines is 2. The first kappa shape index (κ1) is 26.0. The highest BCUT2D eigenvalue weighted by molar-refractivity contribution is 6.10. The van der Waals surface area contributed by atoms with E-state index in [2.05, 4.69) is 53.1 Å². The Hall–Kier alpha value is -4.05. The zero-order valence-electron chi connectivity index (χ0n) is 21.6. The number of nitrogens with two attached hydrogens (primary N) is 2. The molecule has 7 N–H and O–H groups in total. The number of aryl methyl sites for hydroxylation is 1. The summed E-state index contributed by atoms with van der Waals surface area (Å²) < 4.78 is 6.52. The average molecular weight is 502 g/mol. The smallest absolute Gasteiger partial charge is 0.222 e. The van der Waals surface area contributed by atoms with Gasteiger partial charge < -0.3 is 37.2 Å². The fourth-order valence-electron chi connectivity index (χ4n) is 4.66. The minimum Gasteiger partial charge on any atom is -0.474 e. The van der Waals surface area contributed by atoms with E-state index in [0.29, 0.717) is 29.8 Å². The van der Waals surface area contributed by atoms with Gasteiger partial charge in [-0.25, -0.2) is 15.0 Å². The number of ether oxygens (including phenoxy) is 1. The molecular formula is C27H35N9O. The molecule has 1 aliphatic heterocycles. The van der Waals surface area contributed by atoms with Crippen LogP contribution in [0.5, 0.6) is 5.88 Å². The molecule has 0 saturated carbocycles. The lowest BCUT2D eigenvalue weighted by Crippen LogP contribution is -2.41. The highest BCUT2D eigenvalue weighted by Crippen LogP contribution is 2.31. The minimum absolute atomic E-state index is 0.118. The van der Waals surface area contributed by atoms with Gasteiger partial charge in [-0.3, -0.25) is 0 Å². The van der Waals surface area contributed by atoms with Crippen molar-refractivity contribution in [2.24, 2.45) is 5.73 Å². The predicted octanol–water partition coefficient (Wildman–Crippen LogP) is 3.75. The molecule has 3 aromatic rings. The first-order valence-corrected chi connectivity index (χ1v) is 12.5. The maximum atomic E-state index is 7.53. The van der Waals surface area contributed by atoms with Crippen molar-refractivity contribution in [3.05, 3.63) is 53.0 Å². The molecule has 10 nitrogen and oxygen atoms in total. The maximum Gasteiger partial charge on any atom is 0.222 e. The van der Waals surface area contributed by atoms with Gasteiger partial charge >= 0.3 is 0 Å². The van der Waals surface area contributed by atoms with E-state index < -0.39 is 0 Å². The van der Waals surface area contributed by atoms with Crippen molar-refractivity contribution in [2.75, 3.05) is 24.1 Å². The summed E-state index contributed by atoms with van der Waals surface area (Å²) in [4.78, 5) is 15.7. The van der Waals surface area contributed by atoms with E-state index in [1.165, 1.54) is 6.33 Å². The molecule has 0 aliphatic carbocycles. The zero-order chi connectivity index (χ0) is 26.5. The molecule has 0 spiro atoms. The molecule has 1 saturated heterocycles. The third kappa shape index (κ3) is 5.69. The molecule has 194 valence electrons. The minimum atomic E-state index is 0.118. The first-order valence-electron chi connectivity index (χ1n) is 12.5. The summed E-state index contributed by atoms with van der Waals surface area (Å²) in [5.74, 6) is 1.21. The van der Waals surface area contributed by atoms with E-state index in [1.807, 2.05) is 12.1 Å². The Balaban J connectivity index is 1.63. The van der Waals surface area contributed by atoms with Crippen LogP contribution in [0, 0.1) is 17.7 Å². The third-order valence-electron chi connectivity index (χ3n) is 6.78. The van der Waals surface area contributed by atoms with Crippen LogP contribution in [0.2, 0.25) is 0 Å². The molecule has 0 unspecified atom stereocenters. The van der Waals surface area contributed by atoms with Gasteiger partial charge in [0.15, 0.2) is 0 Å².